The van der Waals surface area contributed by atoms with Gasteiger partial charge in [0.25, 0.3) is 5.69 Å². The Balaban J connectivity index is 1.79. The summed E-state index contributed by atoms with van der Waals surface area (Å²) in [6.45, 7) is 1.90. The lowest BCUT2D eigenvalue weighted by Crippen LogP contribution is -1.89. The number of benzene rings is 2. The molecular formula is C16H11Cl2N3O3S. The van der Waals surface area contributed by atoms with Crippen LogP contribution in [0.2, 0.25) is 10.0 Å². The first-order chi connectivity index (χ1) is 12.0. The molecule has 128 valence electrons. The molecule has 0 aliphatic rings. The maximum Gasteiger partial charge on any atom is 0.269 e. The van der Waals surface area contributed by atoms with E-state index in [0.717, 1.165) is 4.90 Å². The summed E-state index contributed by atoms with van der Waals surface area (Å²) in [5.41, 5.74) is 0.609. The van der Waals surface area contributed by atoms with Gasteiger partial charge in [-0.3, -0.25) is 10.1 Å². The largest absolute Gasteiger partial charge is 0.419 e. The van der Waals surface area contributed by atoms with Crippen molar-refractivity contribution in [1.29, 1.82) is 0 Å². The van der Waals surface area contributed by atoms with Gasteiger partial charge in [0.2, 0.25) is 11.8 Å². The van der Waals surface area contributed by atoms with Gasteiger partial charge in [-0.25, -0.2) is 0 Å². The van der Waals surface area contributed by atoms with Crippen molar-refractivity contribution in [2.24, 2.45) is 0 Å². The molecule has 6 nitrogen and oxygen atoms in total. The predicted octanol–water partition coefficient (Wildman–Crippen LogP) is 5.80. The van der Waals surface area contributed by atoms with Crippen LogP contribution in [-0.4, -0.2) is 15.1 Å². The van der Waals surface area contributed by atoms with Gasteiger partial charge in [-0.15, -0.1) is 22.0 Å². The zero-order valence-corrected chi connectivity index (χ0v) is 15.2. The summed E-state index contributed by atoms with van der Waals surface area (Å²) >= 11 is 13.8. The van der Waals surface area contributed by atoms with Crippen LogP contribution in [0.4, 0.5) is 5.69 Å². The minimum Gasteiger partial charge on any atom is -0.419 e. The van der Waals surface area contributed by atoms with Gasteiger partial charge < -0.3 is 4.42 Å². The van der Waals surface area contributed by atoms with Gasteiger partial charge in [-0.1, -0.05) is 29.3 Å². The fraction of sp³-hybridized carbons (Fsp3) is 0.125. The molecule has 0 aliphatic carbocycles. The number of nitrogens with zero attached hydrogens (tertiary/aromatic N) is 3. The molecule has 2 aromatic carbocycles. The lowest BCUT2D eigenvalue weighted by Gasteiger charge is -2.09. The Kier molecular flexibility index (Phi) is 5.27. The molecular weight excluding hydrogens is 385 g/mol. The average molecular weight is 396 g/mol. The Morgan fingerprint density at radius 2 is 1.76 bits per heavy atom. The van der Waals surface area contributed by atoms with E-state index >= 15 is 0 Å². The van der Waals surface area contributed by atoms with Crippen LogP contribution in [0, 0.1) is 10.1 Å². The number of nitro groups is 1. The molecule has 1 heterocycles. The summed E-state index contributed by atoms with van der Waals surface area (Å²) in [5, 5.41) is 19.7. The van der Waals surface area contributed by atoms with E-state index in [1.807, 2.05) is 6.92 Å². The summed E-state index contributed by atoms with van der Waals surface area (Å²) < 4.78 is 5.68. The van der Waals surface area contributed by atoms with Gasteiger partial charge in [0.15, 0.2) is 0 Å². The molecule has 0 spiro atoms. The van der Waals surface area contributed by atoms with Gasteiger partial charge >= 0.3 is 0 Å². The Morgan fingerprint density at radius 3 is 2.36 bits per heavy atom. The smallest absolute Gasteiger partial charge is 0.269 e. The monoisotopic (exact) mass is 395 g/mol. The average Bonchev–Trinajstić information content (AvgIpc) is 3.08. The second-order valence-corrected chi connectivity index (χ2v) is 7.23. The SMILES string of the molecule is C[C@H](Sc1c(Cl)cccc1Cl)c1nnc(-c2ccc([N+](=O)[O-])cc2)o1. The van der Waals surface area contributed by atoms with Crippen LogP contribution in [0.5, 0.6) is 0 Å². The fourth-order valence-corrected chi connectivity index (χ4v) is 3.64. The molecule has 0 aliphatic heterocycles. The molecule has 3 rings (SSSR count). The number of nitro benzene ring substituents is 1. The molecule has 3 aromatic rings. The summed E-state index contributed by atoms with van der Waals surface area (Å²) in [4.78, 5) is 11.0. The van der Waals surface area contributed by atoms with Gasteiger partial charge in [0, 0.05) is 22.6 Å². The third-order valence-electron chi connectivity index (χ3n) is 3.33. The number of rotatable bonds is 5. The zero-order valence-electron chi connectivity index (χ0n) is 12.8. The van der Waals surface area contributed by atoms with E-state index < -0.39 is 4.92 Å². The predicted molar refractivity (Wildman–Crippen MR) is 97.1 cm³/mol. The third-order valence-corrected chi connectivity index (χ3v) is 5.41. The van der Waals surface area contributed by atoms with E-state index in [1.165, 1.54) is 23.9 Å². The molecule has 0 saturated carbocycles. The number of non-ortho nitro benzene ring substituents is 1. The first kappa shape index (κ1) is 17.7. The molecule has 0 fully saturated rings. The summed E-state index contributed by atoms with van der Waals surface area (Å²) in [7, 11) is 0. The normalized spacial score (nSPS) is 12.1. The van der Waals surface area contributed by atoms with Crippen LogP contribution in [-0.2, 0) is 0 Å². The molecule has 1 aromatic heterocycles. The lowest BCUT2D eigenvalue weighted by molar-refractivity contribution is -0.384. The van der Waals surface area contributed by atoms with Crippen molar-refractivity contribution in [3.63, 3.8) is 0 Å². The lowest BCUT2D eigenvalue weighted by atomic mass is 10.2. The zero-order chi connectivity index (χ0) is 18.0. The molecule has 25 heavy (non-hydrogen) atoms. The molecule has 0 amide bonds. The van der Waals surface area contributed by atoms with Crippen LogP contribution >= 0.6 is 35.0 Å². The van der Waals surface area contributed by atoms with Crippen molar-refractivity contribution in [1.82, 2.24) is 10.2 Å². The van der Waals surface area contributed by atoms with Crippen molar-refractivity contribution >= 4 is 40.7 Å². The summed E-state index contributed by atoms with van der Waals surface area (Å²) in [6.07, 6.45) is 0. The first-order valence-corrected chi connectivity index (χ1v) is 8.78. The second-order valence-electron chi connectivity index (χ2n) is 5.06. The minimum absolute atomic E-state index is 0.000716. The van der Waals surface area contributed by atoms with Crippen LogP contribution in [0.1, 0.15) is 18.1 Å². The Bertz CT molecular complexity index is 895. The van der Waals surface area contributed by atoms with Crippen molar-refractivity contribution in [2.75, 3.05) is 0 Å². The molecule has 0 bridgehead atoms. The van der Waals surface area contributed by atoms with E-state index in [1.54, 1.807) is 30.3 Å². The molecule has 0 radical (unpaired) electrons. The number of hydrogen-bond donors (Lipinski definition) is 0. The third kappa shape index (κ3) is 3.95. The van der Waals surface area contributed by atoms with Crippen LogP contribution < -0.4 is 0 Å². The van der Waals surface area contributed by atoms with Gasteiger partial charge in [0.1, 0.15) is 0 Å². The highest BCUT2D eigenvalue weighted by molar-refractivity contribution is 7.99. The number of halogens is 2. The maximum absolute atomic E-state index is 10.7. The number of aromatic nitrogens is 2. The minimum atomic E-state index is -0.463. The van der Waals surface area contributed by atoms with Crippen LogP contribution in [0.15, 0.2) is 51.8 Å². The Labute approximate surface area is 157 Å². The van der Waals surface area contributed by atoms with Gasteiger partial charge in [0.05, 0.1) is 20.2 Å². The van der Waals surface area contributed by atoms with Gasteiger partial charge in [-0.2, -0.15) is 0 Å². The van der Waals surface area contributed by atoms with Crippen molar-refractivity contribution in [3.05, 3.63) is 68.5 Å². The van der Waals surface area contributed by atoms with Crippen LogP contribution in [0.3, 0.4) is 0 Å². The maximum atomic E-state index is 10.7. The number of hydrogen-bond acceptors (Lipinski definition) is 6. The molecule has 9 heteroatoms. The van der Waals surface area contributed by atoms with E-state index in [4.69, 9.17) is 27.6 Å². The Hall–Kier alpha value is -2.09. The van der Waals surface area contributed by atoms with Crippen molar-refractivity contribution in [3.8, 4) is 11.5 Å². The van der Waals surface area contributed by atoms with Gasteiger partial charge in [-0.05, 0) is 31.2 Å². The summed E-state index contributed by atoms with van der Waals surface area (Å²) in [5.74, 6) is 0.706. The highest BCUT2D eigenvalue weighted by atomic mass is 35.5. The molecule has 0 unspecified atom stereocenters. The fourth-order valence-electron chi connectivity index (χ4n) is 2.06. The quantitative estimate of drug-likeness (QED) is 0.308. The van der Waals surface area contributed by atoms with Crippen molar-refractivity contribution < 1.29 is 9.34 Å². The van der Waals surface area contributed by atoms with E-state index in [0.29, 0.717) is 27.4 Å². The number of thioether (sulfide) groups is 1. The molecule has 1 atom stereocenters. The standard InChI is InChI=1S/C16H11Cl2N3O3S/c1-9(25-14-12(17)3-2-4-13(14)18)15-19-20-16(24-15)10-5-7-11(8-6-10)21(22)23/h2-9H,1H3/t9-/m0/s1. The van der Waals surface area contributed by atoms with Crippen molar-refractivity contribution in [2.45, 2.75) is 17.1 Å². The topological polar surface area (TPSA) is 82.1 Å². The first-order valence-electron chi connectivity index (χ1n) is 7.14. The molecule has 0 saturated heterocycles. The highest BCUT2D eigenvalue weighted by Crippen LogP contribution is 2.42. The summed E-state index contributed by atoms with van der Waals surface area (Å²) in [6, 6.07) is 11.2. The highest BCUT2D eigenvalue weighted by Gasteiger charge is 2.19. The molecule has 0 N–H and O–H groups in total. The van der Waals surface area contributed by atoms with E-state index in [2.05, 4.69) is 10.2 Å². The van der Waals surface area contributed by atoms with E-state index in [9.17, 15) is 10.1 Å². The van der Waals surface area contributed by atoms with E-state index in [-0.39, 0.29) is 10.9 Å². The van der Waals surface area contributed by atoms with Crippen LogP contribution in [0.25, 0.3) is 11.5 Å². The second kappa shape index (κ2) is 7.43. The Morgan fingerprint density at radius 1 is 1.12 bits per heavy atom.